The number of piperidine rings is 1. The van der Waals surface area contributed by atoms with E-state index in [0.29, 0.717) is 24.7 Å². The minimum Gasteiger partial charge on any atom is -0.464 e. The van der Waals surface area contributed by atoms with E-state index in [4.69, 9.17) is 0 Å². The Kier molecular flexibility index (Phi) is 6.95. The molecule has 2 aromatic heterocycles. The standard InChI is InChI=1S/C24H27N5O5S/c1-17-7-12-28(13-8-17)23(30)20(10-14-27-11-3-4-18(27)16-25)26-35(33,34)22-6-2-5-21-19(22)9-15-29(21)24(31)32/h2-6,9,11,15,17,20,26H,7-8,10,12-14H2,1H3,(H,31,32). The summed E-state index contributed by atoms with van der Waals surface area (Å²) < 4.78 is 32.1. The lowest BCUT2D eigenvalue weighted by Gasteiger charge is -2.33. The molecule has 1 amide bonds. The summed E-state index contributed by atoms with van der Waals surface area (Å²) in [7, 11) is -4.18. The lowest BCUT2D eigenvalue weighted by Crippen LogP contribution is -2.50. The highest BCUT2D eigenvalue weighted by Gasteiger charge is 2.32. The molecule has 1 aromatic carbocycles. The summed E-state index contributed by atoms with van der Waals surface area (Å²) in [6, 6.07) is 10.2. The van der Waals surface area contributed by atoms with E-state index in [-0.39, 0.29) is 34.7 Å². The van der Waals surface area contributed by atoms with Crippen molar-refractivity contribution >= 4 is 32.9 Å². The van der Waals surface area contributed by atoms with Gasteiger partial charge in [0.2, 0.25) is 15.9 Å². The molecule has 0 spiro atoms. The monoisotopic (exact) mass is 497 g/mol. The summed E-state index contributed by atoms with van der Waals surface area (Å²) in [5.74, 6) is 0.199. The first-order chi connectivity index (χ1) is 16.7. The van der Waals surface area contributed by atoms with Gasteiger partial charge in [-0.15, -0.1) is 0 Å². The Morgan fingerprint density at radius 3 is 2.60 bits per heavy atom. The molecule has 2 N–H and O–H groups in total. The third kappa shape index (κ3) is 5.08. The van der Waals surface area contributed by atoms with Gasteiger partial charge in [0.25, 0.3) is 0 Å². The number of carboxylic acid groups (broad SMARTS) is 1. The maximum atomic E-state index is 13.5. The smallest absolute Gasteiger partial charge is 0.415 e. The van der Waals surface area contributed by atoms with Crippen LogP contribution in [0.25, 0.3) is 10.9 Å². The molecular weight excluding hydrogens is 470 g/mol. The number of benzene rings is 1. The van der Waals surface area contributed by atoms with Crippen LogP contribution in [0, 0.1) is 17.2 Å². The number of carbonyl (C=O) groups excluding carboxylic acids is 1. The average molecular weight is 498 g/mol. The Labute approximate surface area is 203 Å². The van der Waals surface area contributed by atoms with Gasteiger partial charge in [-0.25, -0.2) is 13.2 Å². The van der Waals surface area contributed by atoms with Gasteiger partial charge in [-0.3, -0.25) is 9.36 Å². The minimum absolute atomic E-state index is 0.0984. The number of likely N-dealkylation sites (tertiary alicyclic amines) is 1. The molecule has 1 aliphatic rings. The normalized spacial score (nSPS) is 15.7. The van der Waals surface area contributed by atoms with Gasteiger partial charge in [0.05, 0.1) is 10.4 Å². The number of aryl methyl sites for hydroxylation is 1. The first-order valence-corrected chi connectivity index (χ1v) is 12.9. The Hall–Kier alpha value is -3.62. The van der Waals surface area contributed by atoms with Crippen LogP contribution in [0.15, 0.2) is 53.7 Å². The fourth-order valence-electron chi connectivity index (χ4n) is 4.45. The Morgan fingerprint density at radius 1 is 1.17 bits per heavy atom. The first kappa shape index (κ1) is 24.5. The van der Waals surface area contributed by atoms with Crippen LogP contribution in [-0.2, 0) is 21.4 Å². The first-order valence-electron chi connectivity index (χ1n) is 11.4. The summed E-state index contributed by atoms with van der Waals surface area (Å²) in [4.78, 5) is 26.5. The molecule has 184 valence electrons. The van der Waals surface area contributed by atoms with Gasteiger partial charge < -0.3 is 14.6 Å². The van der Waals surface area contributed by atoms with Crippen molar-refractivity contribution in [2.45, 2.75) is 43.7 Å². The average Bonchev–Trinajstić information content (AvgIpc) is 3.48. The van der Waals surface area contributed by atoms with Gasteiger partial charge >= 0.3 is 6.09 Å². The summed E-state index contributed by atoms with van der Waals surface area (Å²) in [6.45, 7) is 3.52. The number of fused-ring (bicyclic) bond motifs is 1. The molecule has 3 aromatic rings. The van der Waals surface area contributed by atoms with Crippen molar-refractivity contribution in [1.82, 2.24) is 18.8 Å². The summed E-state index contributed by atoms with van der Waals surface area (Å²) >= 11 is 0. The van der Waals surface area contributed by atoms with Crippen molar-refractivity contribution in [1.29, 1.82) is 5.26 Å². The number of carbonyl (C=O) groups is 2. The van der Waals surface area contributed by atoms with Crippen LogP contribution in [0.2, 0.25) is 0 Å². The number of amides is 1. The van der Waals surface area contributed by atoms with E-state index in [2.05, 4.69) is 17.7 Å². The second-order valence-electron chi connectivity index (χ2n) is 8.83. The molecule has 1 saturated heterocycles. The number of aromatic nitrogens is 2. The maximum Gasteiger partial charge on any atom is 0.415 e. The van der Waals surface area contributed by atoms with Crippen molar-refractivity contribution < 1.29 is 23.1 Å². The Morgan fingerprint density at radius 2 is 1.91 bits per heavy atom. The van der Waals surface area contributed by atoms with Crippen LogP contribution in [0.5, 0.6) is 0 Å². The molecule has 4 rings (SSSR count). The number of hydrogen-bond acceptors (Lipinski definition) is 5. The van der Waals surface area contributed by atoms with Gasteiger partial charge in [-0.1, -0.05) is 13.0 Å². The molecule has 3 heterocycles. The van der Waals surface area contributed by atoms with Crippen molar-refractivity contribution in [3.8, 4) is 6.07 Å². The van der Waals surface area contributed by atoms with Crippen LogP contribution in [0.1, 0.15) is 31.9 Å². The predicted octanol–water partition coefficient (Wildman–Crippen LogP) is 2.84. The van der Waals surface area contributed by atoms with Gasteiger partial charge in [0.1, 0.15) is 17.8 Å². The molecule has 0 aliphatic carbocycles. The predicted molar refractivity (Wildman–Crippen MR) is 128 cm³/mol. The second kappa shape index (κ2) is 9.93. The van der Waals surface area contributed by atoms with Crippen LogP contribution in [0.3, 0.4) is 0 Å². The zero-order valence-corrected chi connectivity index (χ0v) is 20.1. The van der Waals surface area contributed by atoms with Gasteiger partial charge in [-0.05, 0) is 55.5 Å². The quantitative estimate of drug-likeness (QED) is 0.515. The van der Waals surface area contributed by atoms with E-state index in [1.54, 1.807) is 27.8 Å². The lowest BCUT2D eigenvalue weighted by atomic mass is 9.98. The molecular formula is C24H27N5O5S. The Balaban J connectivity index is 1.64. The highest BCUT2D eigenvalue weighted by atomic mass is 32.2. The molecule has 1 unspecified atom stereocenters. The molecule has 1 atom stereocenters. The molecule has 0 bridgehead atoms. The zero-order valence-electron chi connectivity index (χ0n) is 19.3. The molecule has 11 heteroatoms. The number of nitriles is 1. The zero-order chi connectivity index (χ0) is 25.2. The maximum absolute atomic E-state index is 13.5. The van der Waals surface area contributed by atoms with E-state index < -0.39 is 22.2 Å². The molecule has 10 nitrogen and oxygen atoms in total. The highest BCUT2D eigenvalue weighted by Crippen LogP contribution is 2.25. The van der Waals surface area contributed by atoms with Crippen molar-refractivity contribution in [3.05, 3.63) is 54.5 Å². The van der Waals surface area contributed by atoms with Crippen LogP contribution < -0.4 is 4.72 Å². The number of sulfonamides is 1. The van der Waals surface area contributed by atoms with E-state index in [0.717, 1.165) is 17.4 Å². The summed E-state index contributed by atoms with van der Waals surface area (Å²) in [6.07, 6.45) is 3.63. The number of rotatable bonds is 7. The Bertz CT molecular complexity index is 1390. The summed E-state index contributed by atoms with van der Waals surface area (Å²) in [5.41, 5.74) is 0.657. The molecule has 1 aliphatic heterocycles. The minimum atomic E-state index is -4.18. The van der Waals surface area contributed by atoms with Gasteiger partial charge in [0.15, 0.2) is 0 Å². The molecule has 35 heavy (non-hydrogen) atoms. The van der Waals surface area contributed by atoms with Crippen molar-refractivity contribution in [2.24, 2.45) is 5.92 Å². The third-order valence-electron chi connectivity index (χ3n) is 6.48. The molecule has 1 fully saturated rings. The second-order valence-corrected chi connectivity index (χ2v) is 10.5. The highest BCUT2D eigenvalue weighted by molar-refractivity contribution is 7.89. The number of nitrogens with zero attached hydrogens (tertiary/aromatic N) is 4. The topological polar surface area (TPSA) is 137 Å². The van der Waals surface area contributed by atoms with E-state index in [1.807, 2.05) is 0 Å². The van der Waals surface area contributed by atoms with Crippen LogP contribution in [-0.4, -0.2) is 58.7 Å². The van der Waals surface area contributed by atoms with Crippen molar-refractivity contribution in [2.75, 3.05) is 13.1 Å². The third-order valence-corrected chi connectivity index (χ3v) is 8.01. The number of nitrogens with one attached hydrogen (secondary N) is 1. The van der Waals surface area contributed by atoms with E-state index in [9.17, 15) is 28.4 Å². The SMILES string of the molecule is CC1CCN(C(=O)C(CCn2cccc2C#N)NS(=O)(=O)c2cccc3c2ccn3C(=O)O)CC1. The van der Waals surface area contributed by atoms with Gasteiger partial charge in [0, 0.05) is 37.4 Å². The largest absolute Gasteiger partial charge is 0.464 e. The summed E-state index contributed by atoms with van der Waals surface area (Å²) in [5, 5.41) is 18.9. The fourth-order valence-corrected chi connectivity index (χ4v) is 5.89. The molecule has 0 radical (unpaired) electrons. The van der Waals surface area contributed by atoms with E-state index >= 15 is 0 Å². The van der Waals surface area contributed by atoms with Crippen LogP contribution >= 0.6 is 0 Å². The fraction of sp³-hybridized carbons (Fsp3) is 0.375. The van der Waals surface area contributed by atoms with Gasteiger partial charge in [-0.2, -0.15) is 9.98 Å². The molecule has 0 saturated carbocycles. The van der Waals surface area contributed by atoms with E-state index in [1.165, 1.54) is 30.5 Å². The lowest BCUT2D eigenvalue weighted by molar-refractivity contribution is -0.134. The van der Waals surface area contributed by atoms with Crippen LogP contribution in [0.4, 0.5) is 4.79 Å². The van der Waals surface area contributed by atoms with Crippen molar-refractivity contribution in [3.63, 3.8) is 0 Å². The number of hydrogen-bond donors (Lipinski definition) is 2.